The molecule has 0 aromatic heterocycles. The summed E-state index contributed by atoms with van der Waals surface area (Å²) in [4.78, 5) is 6.81. The lowest BCUT2D eigenvalue weighted by molar-refractivity contribution is 0.411. The van der Waals surface area contributed by atoms with Gasteiger partial charge >= 0.3 is 0 Å². The van der Waals surface area contributed by atoms with Gasteiger partial charge in [0.1, 0.15) is 5.75 Å². The second kappa shape index (κ2) is 10.5. The number of halogens is 1. The van der Waals surface area contributed by atoms with Crippen LogP contribution < -0.4 is 20.3 Å². The van der Waals surface area contributed by atoms with Gasteiger partial charge < -0.3 is 20.3 Å². The van der Waals surface area contributed by atoms with Crippen LogP contribution in [0.25, 0.3) is 0 Å². The maximum absolute atomic E-state index is 5.41. The van der Waals surface area contributed by atoms with Gasteiger partial charge in [-0.05, 0) is 49.6 Å². The van der Waals surface area contributed by atoms with Gasteiger partial charge in [0.2, 0.25) is 0 Å². The van der Waals surface area contributed by atoms with E-state index in [2.05, 4.69) is 76.8 Å². The van der Waals surface area contributed by atoms with Gasteiger partial charge in [-0.15, -0.1) is 24.0 Å². The minimum Gasteiger partial charge on any atom is -0.496 e. The van der Waals surface area contributed by atoms with Gasteiger partial charge in [0.05, 0.1) is 7.11 Å². The average Bonchev–Trinajstić information content (AvgIpc) is 3.15. The summed E-state index contributed by atoms with van der Waals surface area (Å²) in [6, 6.07) is 15.4. The highest BCUT2D eigenvalue weighted by Gasteiger charge is 2.23. The number of hydrogen-bond acceptors (Lipinski definition) is 3. The number of guanidine groups is 1. The number of ether oxygens (including phenoxy) is 1. The summed E-state index contributed by atoms with van der Waals surface area (Å²) in [5.74, 6) is 1.76. The number of anilines is 1. The molecule has 3 rings (SSSR count). The van der Waals surface area contributed by atoms with Crippen molar-refractivity contribution in [3.05, 3.63) is 59.2 Å². The Hall–Kier alpha value is -1.96. The second-order valence-electron chi connectivity index (χ2n) is 7.14. The summed E-state index contributed by atoms with van der Waals surface area (Å²) in [7, 11) is 3.53. The Morgan fingerprint density at radius 3 is 2.61 bits per heavy atom. The first-order valence-corrected chi connectivity index (χ1v) is 9.51. The van der Waals surface area contributed by atoms with E-state index in [1.54, 1.807) is 7.11 Å². The number of nitrogens with zero attached hydrogens (tertiary/aromatic N) is 2. The zero-order valence-corrected chi connectivity index (χ0v) is 19.5. The molecular weight excluding hydrogens is 463 g/mol. The molecule has 2 aromatic carbocycles. The minimum absolute atomic E-state index is 0. The molecule has 2 aromatic rings. The van der Waals surface area contributed by atoms with Crippen molar-refractivity contribution in [2.75, 3.05) is 32.1 Å². The molecule has 1 aliphatic heterocycles. The van der Waals surface area contributed by atoms with E-state index in [-0.39, 0.29) is 24.0 Å². The van der Waals surface area contributed by atoms with E-state index in [4.69, 9.17) is 4.74 Å². The Labute approximate surface area is 185 Å². The van der Waals surface area contributed by atoms with Gasteiger partial charge in [-0.25, -0.2) is 0 Å². The highest BCUT2D eigenvalue weighted by molar-refractivity contribution is 14.0. The molecule has 0 bridgehead atoms. The molecule has 1 atom stereocenters. The van der Waals surface area contributed by atoms with Gasteiger partial charge in [0, 0.05) is 38.4 Å². The topological polar surface area (TPSA) is 48.9 Å². The molecule has 152 valence electrons. The van der Waals surface area contributed by atoms with Gasteiger partial charge in [-0.3, -0.25) is 4.99 Å². The molecule has 1 fully saturated rings. The van der Waals surface area contributed by atoms with Crippen molar-refractivity contribution in [1.82, 2.24) is 10.6 Å². The first-order valence-electron chi connectivity index (χ1n) is 9.51. The van der Waals surface area contributed by atoms with Crippen LogP contribution in [0.15, 0.2) is 47.5 Å². The molecule has 5 nitrogen and oxygen atoms in total. The number of hydrogen-bond donors (Lipinski definition) is 2. The van der Waals surface area contributed by atoms with Crippen LogP contribution in [-0.4, -0.2) is 39.2 Å². The summed E-state index contributed by atoms with van der Waals surface area (Å²) >= 11 is 0. The fraction of sp³-hybridized carbons (Fsp3) is 0.409. The Morgan fingerprint density at radius 1 is 1.18 bits per heavy atom. The highest BCUT2D eigenvalue weighted by atomic mass is 127. The third-order valence-corrected chi connectivity index (χ3v) is 5.08. The molecule has 0 amide bonds. The summed E-state index contributed by atoms with van der Waals surface area (Å²) in [5, 5.41) is 6.96. The molecule has 1 saturated heterocycles. The summed E-state index contributed by atoms with van der Waals surface area (Å²) in [6.07, 6.45) is 1.10. The van der Waals surface area contributed by atoms with E-state index in [1.165, 1.54) is 16.8 Å². The Balaban J connectivity index is 0.00000280. The van der Waals surface area contributed by atoms with Crippen LogP contribution in [0.4, 0.5) is 5.69 Å². The van der Waals surface area contributed by atoms with Crippen molar-refractivity contribution in [2.24, 2.45) is 4.99 Å². The van der Waals surface area contributed by atoms with Gasteiger partial charge in [0.15, 0.2) is 5.96 Å². The standard InChI is InChI=1S/C22H30N4O.HI/c1-16-5-9-20(10-6-16)26-12-11-19(15-26)25-22(23-3)24-14-18-8-7-17(2)21(13-18)27-4;/h5-10,13,19H,11-12,14-15H2,1-4H3,(H2,23,24,25);1H. The smallest absolute Gasteiger partial charge is 0.191 e. The predicted octanol–water partition coefficient (Wildman–Crippen LogP) is 3.87. The third-order valence-electron chi connectivity index (χ3n) is 5.08. The van der Waals surface area contributed by atoms with Crippen LogP contribution in [0, 0.1) is 13.8 Å². The van der Waals surface area contributed by atoms with Crippen LogP contribution in [-0.2, 0) is 6.54 Å². The molecule has 0 spiro atoms. The molecule has 1 aliphatic rings. The van der Waals surface area contributed by atoms with Gasteiger partial charge in [-0.1, -0.05) is 29.8 Å². The predicted molar refractivity (Wildman–Crippen MR) is 128 cm³/mol. The maximum Gasteiger partial charge on any atom is 0.191 e. The summed E-state index contributed by atoms with van der Waals surface area (Å²) < 4.78 is 5.41. The zero-order valence-electron chi connectivity index (χ0n) is 17.2. The molecule has 2 N–H and O–H groups in total. The fourth-order valence-corrected chi connectivity index (χ4v) is 3.42. The molecular formula is C22H31IN4O. The largest absolute Gasteiger partial charge is 0.496 e. The Morgan fingerprint density at radius 2 is 1.93 bits per heavy atom. The highest BCUT2D eigenvalue weighted by Crippen LogP contribution is 2.21. The molecule has 0 saturated carbocycles. The molecule has 28 heavy (non-hydrogen) atoms. The zero-order chi connectivity index (χ0) is 19.2. The molecule has 0 aliphatic carbocycles. The first-order chi connectivity index (χ1) is 13.1. The number of methoxy groups -OCH3 is 1. The molecule has 1 unspecified atom stereocenters. The van der Waals surface area contributed by atoms with Crippen LogP contribution in [0.5, 0.6) is 5.75 Å². The first kappa shape index (κ1) is 22.3. The Bertz CT molecular complexity index is 792. The van der Waals surface area contributed by atoms with Crippen molar-refractivity contribution in [2.45, 2.75) is 32.9 Å². The van der Waals surface area contributed by atoms with E-state index in [9.17, 15) is 0 Å². The lowest BCUT2D eigenvalue weighted by atomic mass is 10.1. The van der Waals surface area contributed by atoms with Crippen LogP contribution in [0.2, 0.25) is 0 Å². The SMILES string of the molecule is CN=C(NCc1ccc(C)c(OC)c1)NC1CCN(c2ccc(C)cc2)C1.I. The van der Waals surface area contributed by atoms with Crippen molar-refractivity contribution in [3.8, 4) is 5.75 Å². The summed E-state index contributed by atoms with van der Waals surface area (Å²) in [6.45, 7) is 6.94. The monoisotopic (exact) mass is 494 g/mol. The second-order valence-corrected chi connectivity index (χ2v) is 7.14. The van der Waals surface area contributed by atoms with E-state index in [1.807, 2.05) is 7.05 Å². The molecule has 1 heterocycles. The molecule has 6 heteroatoms. The van der Waals surface area contributed by atoms with Crippen LogP contribution in [0.3, 0.4) is 0 Å². The average molecular weight is 494 g/mol. The van der Waals surface area contributed by atoms with Crippen LogP contribution in [0.1, 0.15) is 23.1 Å². The van der Waals surface area contributed by atoms with Gasteiger partial charge in [-0.2, -0.15) is 0 Å². The third kappa shape index (κ3) is 5.77. The maximum atomic E-state index is 5.41. The van der Waals surface area contributed by atoms with Crippen molar-refractivity contribution in [1.29, 1.82) is 0 Å². The normalized spacial score (nSPS) is 16.5. The van der Waals surface area contributed by atoms with E-state index in [0.717, 1.165) is 36.8 Å². The summed E-state index contributed by atoms with van der Waals surface area (Å²) in [5.41, 5.74) is 4.91. The van der Waals surface area contributed by atoms with E-state index >= 15 is 0 Å². The van der Waals surface area contributed by atoms with Gasteiger partial charge in [0.25, 0.3) is 0 Å². The van der Waals surface area contributed by atoms with Crippen molar-refractivity contribution >= 4 is 35.6 Å². The molecule has 0 radical (unpaired) electrons. The number of benzene rings is 2. The Kier molecular flexibility index (Phi) is 8.41. The quantitative estimate of drug-likeness (QED) is 0.377. The van der Waals surface area contributed by atoms with Crippen molar-refractivity contribution < 1.29 is 4.74 Å². The van der Waals surface area contributed by atoms with Crippen LogP contribution >= 0.6 is 24.0 Å². The van der Waals surface area contributed by atoms with E-state index < -0.39 is 0 Å². The number of aliphatic imine (C=N–C) groups is 1. The van der Waals surface area contributed by atoms with Crippen molar-refractivity contribution in [3.63, 3.8) is 0 Å². The minimum atomic E-state index is 0. The van der Waals surface area contributed by atoms with E-state index in [0.29, 0.717) is 12.6 Å². The fourth-order valence-electron chi connectivity index (χ4n) is 3.42. The lowest BCUT2D eigenvalue weighted by Crippen LogP contribution is -2.44. The lowest BCUT2D eigenvalue weighted by Gasteiger charge is -2.20. The number of nitrogens with one attached hydrogen (secondary N) is 2. The number of rotatable bonds is 5. The number of aryl methyl sites for hydroxylation is 2.